The third kappa shape index (κ3) is 30.2. The number of ether oxygens (including phenoxy) is 2. The maximum absolute atomic E-state index is 12.8. The minimum Gasteiger partial charge on any atom is -0.462 e. The van der Waals surface area contributed by atoms with Crippen LogP contribution >= 0.6 is 7.82 Å². The maximum atomic E-state index is 12.8. The van der Waals surface area contributed by atoms with Crippen molar-refractivity contribution in [2.45, 2.75) is 198 Å². The molecule has 7 N–H and O–H groups in total. The first-order chi connectivity index (χ1) is 30.8. The highest BCUT2D eigenvalue weighted by Gasteiger charge is 2.51. The van der Waals surface area contributed by atoms with Gasteiger partial charge < -0.3 is 45.0 Å². The van der Waals surface area contributed by atoms with Gasteiger partial charge in [-0.2, -0.15) is 0 Å². The summed E-state index contributed by atoms with van der Waals surface area (Å²) in [4.78, 5) is 35.7. The van der Waals surface area contributed by atoms with E-state index in [1.807, 2.05) is 42.5 Å². The first-order valence-electron chi connectivity index (χ1n) is 23.5. The van der Waals surface area contributed by atoms with Crippen LogP contribution in [0, 0.1) is 0 Å². The van der Waals surface area contributed by atoms with Gasteiger partial charge >= 0.3 is 19.8 Å². The molecule has 1 aliphatic carbocycles. The fraction of sp³-hybridized carbons (Fsp3) is 0.673. The van der Waals surface area contributed by atoms with Crippen LogP contribution in [0.1, 0.15) is 149 Å². The number of esters is 2. The molecule has 64 heavy (non-hydrogen) atoms. The molecule has 0 amide bonds. The Bertz CT molecular complexity index is 1460. The Morgan fingerprint density at radius 1 is 0.562 bits per heavy atom. The van der Waals surface area contributed by atoms with Gasteiger partial charge in [0.2, 0.25) is 0 Å². The van der Waals surface area contributed by atoms with Crippen molar-refractivity contribution >= 4 is 19.8 Å². The van der Waals surface area contributed by atoms with Gasteiger partial charge in [0.15, 0.2) is 6.10 Å². The van der Waals surface area contributed by atoms with Crippen molar-refractivity contribution in [3.8, 4) is 0 Å². The van der Waals surface area contributed by atoms with Crippen LogP contribution in [0.4, 0.5) is 0 Å². The summed E-state index contributed by atoms with van der Waals surface area (Å²) in [6.45, 7) is 3.07. The molecule has 0 heterocycles. The van der Waals surface area contributed by atoms with E-state index in [1.54, 1.807) is 6.08 Å². The van der Waals surface area contributed by atoms with Crippen LogP contribution in [0.3, 0.4) is 0 Å². The summed E-state index contributed by atoms with van der Waals surface area (Å²) in [6, 6.07) is 0. The quantitative estimate of drug-likeness (QED) is 0.0102. The first kappa shape index (κ1) is 59.0. The molecule has 9 atom stereocenters. The van der Waals surface area contributed by atoms with E-state index in [-0.39, 0.29) is 12.8 Å². The second-order valence-corrected chi connectivity index (χ2v) is 17.5. The molecule has 15 heteroatoms. The number of carbonyl (C=O) groups is 2. The van der Waals surface area contributed by atoms with E-state index in [4.69, 9.17) is 18.5 Å². The van der Waals surface area contributed by atoms with Crippen LogP contribution in [-0.2, 0) is 32.7 Å². The van der Waals surface area contributed by atoms with E-state index in [1.165, 1.54) is 19.3 Å². The fourth-order valence-corrected chi connectivity index (χ4v) is 7.43. The second kappa shape index (κ2) is 38.1. The summed E-state index contributed by atoms with van der Waals surface area (Å²) in [6.07, 6.45) is 32.4. The van der Waals surface area contributed by atoms with Crippen molar-refractivity contribution in [2.24, 2.45) is 0 Å². The van der Waals surface area contributed by atoms with Crippen LogP contribution in [-0.4, -0.2) is 110 Å². The Hall–Kier alpha value is -3.01. The largest absolute Gasteiger partial charge is 0.472 e. The van der Waals surface area contributed by atoms with E-state index < -0.39 is 81.8 Å². The zero-order valence-corrected chi connectivity index (χ0v) is 39.3. The molecular formula is C49H81O14P. The number of phosphoric ester groups is 1. The molecule has 1 aliphatic rings. The number of phosphoric acid groups is 1. The highest BCUT2D eigenvalue weighted by molar-refractivity contribution is 7.47. The SMILES string of the molecule is CCCCC/C=C\C/C=C\C/C=C\CCCCCCC(=O)O[C@H](COC(=O)CCC/C=C\C/C=C\C/C=C\C=C\[C@H](O)CCCCC)COP(=O)(O)OC1[C@H](O)[C@H](O)C(O)[C@H](O)[C@H]1O. The van der Waals surface area contributed by atoms with E-state index in [2.05, 4.69) is 50.3 Å². The Balaban J connectivity index is 2.54. The molecule has 0 aromatic carbocycles. The minimum absolute atomic E-state index is 0.0454. The number of carbonyl (C=O) groups excluding carboxylic acids is 2. The highest BCUT2D eigenvalue weighted by atomic mass is 31.2. The van der Waals surface area contributed by atoms with E-state index in [9.17, 15) is 49.7 Å². The van der Waals surface area contributed by atoms with E-state index >= 15 is 0 Å². The van der Waals surface area contributed by atoms with Crippen molar-refractivity contribution < 1.29 is 68.2 Å². The normalized spacial score (nSPS) is 22.8. The van der Waals surface area contributed by atoms with Gasteiger partial charge in [0.05, 0.1) is 12.7 Å². The van der Waals surface area contributed by atoms with Crippen molar-refractivity contribution in [1.82, 2.24) is 0 Å². The monoisotopic (exact) mass is 925 g/mol. The fourth-order valence-electron chi connectivity index (χ4n) is 6.45. The molecule has 366 valence electrons. The summed E-state index contributed by atoms with van der Waals surface area (Å²) in [5, 5.41) is 60.1. The second-order valence-electron chi connectivity index (χ2n) is 16.1. The molecule has 3 unspecified atom stereocenters. The third-order valence-corrected chi connectivity index (χ3v) is 11.3. The lowest BCUT2D eigenvalue weighted by Gasteiger charge is -2.41. The van der Waals surface area contributed by atoms with Crippen molar-refractivity contribution in [1.29, 1.82) is 0 Å². The number of hydrogen-bond acceptors (Lipinski definition) is 13. The third-order valence-electron chi connectivity index (χ3n) is 10.3. The van der Waals surface area contributed by atoms with E-state index in [0.29, 0.717) is 19.3 Å². The average molecular weight is 925 g/mol. The van der Waals surface area contributed by atoms with Crippen LogP contribution in [0.25, 0.3) is 0 Å². The van der Waals surface area contributed by atoms with Crippen molar-refractivity contribution in [3.05, 3.63) is 85.1 Å². The van der Waals surface area contributed by atoms with E-state index in [0.717, 1.165) is 83.5 Å². The van der Waals surface area contributed by atoms with Crippen LogP contribution in [0.5, 0.6) is 0 Å². The lowest BCUT2D eigenvalue weighted by Crippen LogP contribution is -2.64. The Kier molecular flexibility index (Phi) is 35.2. The average Bonchev–Trinajstić information content (AvgIpc) is 3.27. The number of hydrogen-bond donors (Lipinski definition) is 7. The Labute approximate surface area is 382 Å². The smallest absolute Gasteiger partial charge is 0.462 e. The molecule has 0 radical (unpaired) electrons. The van der Waals surface area contributed by atoms with Crippen LogP contribution < -0.4 is 0 Å². The lowest BCUT2D eigenvalue weighted by molar-refractivity contribution is -0.220. The molecular weight excluding hydrogens is 843 g/mol. The van der Waals surface area contributed by atoms with Gasteiger partial charge in [-0.05, 0) is 77.0 Å². The van der Waals surface area contributed by atoms with Crippen molar-refractivity contribution in [2.75, 3.05) is 13.2 Å². The molecule has 1 rings (SSSR count). The molecule has 0 bridgehead atoms. The predicted octanol–water partition coefficient (Wildman–Crippen LogP) is 8.25. The zero-order valence-electron chi connectivity index (χ0n) is 38.4. The molecule has 14 nitrogen and oxygen atoms in total. The summed E-state index contributed by atoms with van der Waals surface area (Å²) >= 11 is 0. The van der Waals surface area contributed by atoms with Crippen LogP contribution in [0.15, 0.2) is 85.1 Å². The standard InChI is InChI=1S/C49H81O14P/c1-3-5-7-8-9-10-11-12-13-14-15-16-19-23-26-29-33-37-43(52)62-41(39-61-64(58,59)63-49-47(56)45(54)44(53)46(55)48(49)57)38-60-42(51)36-32-28-25-22-20-17-18-21-24-27-31-35-40(50)34-30-6-4-2/h9-10,12-13,15-18,22,24-25,27,31,35,40-41,44-50,53-57H,3-8,11,14,19-21,23,26,28-30,32-34,36-39H2,1-2H3,(H,58,59)/b10-9-,13-12-,16-15-,18-17-,25-22-,27-24-,35-31+/t40-,41-,44?,45-,46+,47-,48-,49?/m1/s1. The summed E-state index contributed by atoms with van der Waals surface area (Å²) in [7, 11) is -5.15. The zero-order chi connectivity index (χ0) is 47.3. The minimum atomic E-state index is -5.15. The number of aliphatic hydroxyl groups excluding tert-OH is 6. The Morgan fingerprint density at radius 2 is 1.05 bits per heavy atom. The molecule has 0 spiro atoms. The molecule has 1 fully saturated rings. The summed E-state index contributed by atoms with van der Waals surface area (Å²) in [5.74, 6) is -1.23. The van der Waals surface area contributed by atoms with Gasteiger partial charge in [0, 0.05) is 12.8 Å². The van der Waals surface area contributed by atoms with Gasteiger partial charge in [-0.25, -0.2) is 4.57 Å². The van der Waals surface area contributed by atoms with Crippen LogP contribution in [0.2, 0.25) is 0 Å². The van der Waals surface area contributed by atoms with Gasteiger partial charge in [-0.1, -0.05) is 144 Å². The number of allylic oxidation sites excluding steroid dienone is 13. The van der Waals surface area contributed by atoms with Gasteiger partial charge in [-0.15, -0.1) is 0 Å². The molecule has 0 saturated heterocycles. The molecule has 0 aromatic heterocycles. The molecule has 1 saturated carbocycles. The number of unbranched alkanes of at least 4 members (excludes halogenated alkanes) is 10. The van der Waals surface area contributed by atoms with Crippen molar-refractivity contribution in [3.63, 3.8) is 0 Å². The number of rotatable bonds is 37. The maximum Gasteiger partial charge on any atom is 0.472 e. The number of aliphatic hydroxyl groups is 6. The Morgan fingerprint density at radius 3 is 1.64 bits per heavy atom. The topological polar surface area (TPSA) is 230 Å². The highest BCUT2D eigenvalue weighted by Crippen LogP contribution is 2.47. The van der Waals surface area contributed by atoms with Gasteiger partial charge in [0.1, 0.15) is 43.2 Å². The van der Waals surface area contributed by atoms with Gasteiger partial charge in [-0.3, -0.25) is 18.6 Å². The van der Waals surface area contributed by atoms with Gasteiger partial charge in [0.25, 0.3) is 0 Å². The summed E-state index contributed by atoms with van der Waals surface area (Å²) < 4.78 is 33.4. The summed E-state index contributed by atoms with van der Waals surface area (Å²) in [5.41, 5.74) is 0. The molecule has 0 aromatic rings. The lowest BCUT2D eigenvalue weighted by atomic mass is 9.85. The molecule has 0 aliphatic heterocycles. The predicted molar refractivity (Wildman–Crippen MR) is 250 cm³/mol. The first-order valence-corrected chi connectivity index (χ1v) is 25.0.